The first-order chi connectivity index (χ1) is 8.61. The Morgan fingerprint density at radius 3 is 3.06 bits per heavy atom. The molecule has 0 amide bonds. The van der Waals surface area contributed by atoms with Gasteiger partial charge in [-0.1, -0.05) is 0 Å². The molecule has 0 aliphatic carbocycles. The molecule has 1 heterocycles. The second kappa shape index (κ2) is 7.93. The Hall–Kier alpha value is -1.28. The van der Waals surface area contributed by atoms with Gasteiger partial charge in [0, 0.05) is 11.9 Å². The summed E-state index contributed by atoms with van der Waals surface area (Å²) in [6.07, 6.45) is -2.33. The fourth-order valence-corrected chi connectivity index (χ4v) is 1.83. The number of aromatic nitrogens is 1. The van der Waals surface area contributed by atoms with Crippen molar-refractivity contribution in [2.75, 3.05) is 32.2 Å². The smallest absolute Gasteiger partial charge is 0.311 e. The van der Waals surface area contributed by atoms with Gasteiger partial charge in [0.05, 0.1) is 25.8 Å². The van der Waals surface area contributed by atoms with E-state index in [2.05, 4.69) is 15.0 Å². The van der Waals surface area contributed by atoms with Gasteiger partial charge in [0.15, 0.2) is 5.13 Å². The average Bonchev–Trinajstić information content (AvgIpc) is 2.75. The van der Waals surface area contributed by atoms with Crippen LogP contribution >= 0.6 is 11.3 Å². The number of methoxy groups -OCH3 is 1. The number of esters is 1. The van der Waals surface area contributed by atoms with E-state index in [9.17, 15) is 13.6 Å². The number of nitrogens with one attached hydrogen (secondary N) is 1. The Bertz CT molecular complexity index is 374. The van der Waals surface area contributed by atoms with E-state index in [1.165, 1.54) is 18.4 Å². The molecule has 1 aromatic heterocycles. The number of thiazole rings is 1. The second-order valence-corrected chi connectivity index (χ2v) is 4.15. The lowest BCUT2D eigenvalue weighted by atomic mass is 10.3. The minimum absolute atomic E-state index is 0.122. The molecule has 8 heteroatoms. The van der Waals surface area contributed by atoms with Crippen LogP contribution in [0.4, 0.5) is 13.9 Å². The number of carbonyl (C=O) groups is 1. The molecular weight excluding hydrogens is 266 g/mol. The fraction of sp³-hybridized carbons (Fsp3) is 0.600. The number of rotatable bonds is 8. The normalized spacial score (nSPS) is 10.7. The number of hydrogen-bond donors (Lipinski definition) is 1. The molecule has 0 unspecified atom stereocenters. The summed E-state index contributed by atoms with van der Waals surface area (Å²) in [5, 5.41) is 5.27. The standard InChI is InChI=1S/C10H14F2N2O3S/c1-16-9(15)4-7-6-18-10(14-7)13-2-3-17-5-8(11)12/h6,8H,2-5H2,1H3,(H,13,14). The number of hydrogen-bond acceptors (Lipinski definition) is 6. The molecule has 0 bridgehead atoms. The topological polar surface area (TPSA) is 60.5 Å². The third kappa shape index (κ3) is 5.87. The molecule has 0 fully saturated rings. The molecule has 0 spiro atoms. The zero-order valence-electron chi connectivity index (χ0n) is 9.82. The van der Waals surface area contributed by atoms with Gasteiger partial charge >= 0.3 is 5.97 Å². The molecule has 1 aromatic rings. The number of halogens is 2. The molecule has 0 radical (unpaired) electrons. The van der Waals surface area contributed by atoms with Gasteiger partial charge in [0.2, 0.25) is 0 Å². The van der Waals surface area contributed by atoms with Crippen LogP contribution in [-0.2, 0) is 20.7 Å². The highest BCUT2D eigenvalue weighted by atomic mass is 32.1. The number of anilines is 1. The van der Waals surface area contributed by atoms with Gasteiger partial charge in [-0.05, 0) is 0 Å². The van der Waals surface area contributed by atoms with Crippen molar-refractivity contribution >= 4 is 22.4 Å². The van der Waals surface area contributed by atoms with Crippen molar-refractivity contribution in [2.24, 2.45) is 0 Å². The van der Waals surface area contributed by atoms with Crippen molar-refractivity contribution in [1.82, 2.24) is 4.98 Å². The largest absolute Gasteiger partial charge is 0.469 e. The van der Waals surface area contributed by atoms with Gasteiger partial charge in [-0.15, -0.1) is 11.3 Å². The van der Waals surface area contributed by atoms with Crippen molar-refractivity contribution in [3.63, 3.8) is 0 Å². The van der Waals surface area contributed by atoms with Crippen molar-refractivity contribution < 1.29 is 23.0 Å². The van der Waals surface area contributed by atoms with E-state index in [1.54, 1.807) is 5.38 Å². The Morgan fingerprint density at radius 1 is 1.61 bits per heavy atom. The van der Waals surface area contributed by atoms with Gasteiger partial charge in [-0.3, -0.25) is 4.79 Å². The number of carbonyl (C=O) groups excluding carboxylic acids is 1. The summed E-state index contributed by atoms with van der Waals surface area (Å²) in [5.74, 6) is -0.355. The van der Waals surface area contributed by atoms with Crippen LogP contribution in [0.2, 0.25) is 0 Å². The van der Waals surface area contributed by atoms with Gasteiger partial charge in [0.1, 0.15) is 6.61 Å². The van der Waals surface area contributed by atoms with E-state index < -0.39 is 13.0 Å². The minimum atomic E-state index is -2.45. The van der Waals surface area contributed by atoms with Crippen LogP contribution in [0.25, 0.3) is 0 Å². The number of nitrogens with zero attached hydrogens (tertiary/aromatic N) is 1. The summed E-state index contributed by atoms with van der Waals surface area (Å²) in [4.78, 5) is 15.1. The molecule has 0 saturated carbocycles. The molecule has 1 rings (SSSR count). The number of ether oxygens (including phenoxy) is 2. The van der Waals surface area contributed by atoms with Gasteiger partial charge in [0.25, 0.3) is 6.43 Å². The highest BCUT2D eigenvalue weighted by molar-refractivity contribution is 7.13. The van der Waals surface area contributed by atoms with Gasteiger partial charge in [-0.2, -0.15) is 0 Å². The van der Waals surface area contributed by atoms with E-state index >= 15 is 0 Å². The maximum absolute atomic E-state index is 11.7. The zero-order chi connectivity index (χ0) is 13.4. The van der Waals surface area contributed by atoms with Crippen LogP contribution in [0, 0.1) is 0 Å². The monoisotopic (exact) mass is 280 g/mol. The Kier molecular flexibility index (Phi) is 6.51. The average molecular weight is 280 g/mol. The lowest BCUT2D eigenvalue weighted by Crippen LogP contribution is -2.13. The predicted molar refractivity (Wildman–Crippen MR) is 63.1 cm³/mol. The van der Waals surface area contributed by atoms with Crippen LogP contribution in [0.5, 0.6) is 0 Å². The zero-order valence-corrected chi connectivity index (χ0v) is 10.6. The van der Waals surface area contributed by atoms with Crippen LogP contribution in [0.3, 0.4) is 0 Å². The minimum Gasteiger partial charge on any atom is -0.469 e. The van der Waals surface area contributed by atoms with E-state index in [-0.39, 0.29) is 19.0 Å². The summed E-state index contributed by atoms with van der Waals surface area (Å²) >= 11 is 1.33. The Morgan fingerprint density at radius 2 is 2.39 bits per heavy atom. The molecule has 0 aliphatic rings. The second-order valence-electron chi connectivity index (χ2n) is 3.29. The third-order valence-corrected chi connectivity index (χ3v) is 2.72. The third-order valence-electron chi connectivity index (χ3n) is 1.87. The van der Waals surface area contributed by atoms with Crippen molar-refractivity contribution in [3.05, 3.63) is 11.1 Å². The molecule has 0 saturated heterocycles. The maximum atomic E-state index is 11.7. The van der Waals surface area contributed by atoms with Crippen molar-refractivity contribution in [3.8, 4) is 0 Å². The van der Waals surface area contributed by atoms with Crippen LogP contribution in [0.15, 0.2) is 5.38 Å². The molecule has 5 nitrogen and oxygen atoms in total. The molecular formula is C10H14F2N2O3S. The lowest BCUT2D eigenvalue weighted by molar-refractivity contribution is -0.139. The number of alkyl halides is 2. The summed E-state index contributed by atoms with van der Waals surface area (Å²) < 4.78 is 32.7. The molecule has 18 heavy (non-hydrogen) atoms. The van der Waals surface area contributed by atoms with Gasteiger partial charge in [-0.25, -0.2) is 13.8 Å². The Balaban J connectivity index is 2.21. The van der Waals surface area contributed by atoms with E-state index in [1.807, 2.05) is 0 Å². The van der Waals surface area contributed by atoms with Crippen molar-refractivity contribution in [2.45, 2.75) is 12.8 Å². The highest BCUT2D eigenvalue weighted by Crippen LogP contribution is 2.15. The highest BCUT2D eigenvalue weighted by Gasteiger charge is 2.07. The Labute approximate surface area is 107 Å². The maximum Gasteiger partial charge on any atom is 0.311 e. The van der Waals surface area contributed by atoms with E-state index in [0.717, 1.165) is 0 Å². The quantitative estimate of drug-likeness (QED) is 0.578. The summed E-state index contributed by atoms with van der Waals surface area (Å²) in [7, 11) is 1.31. The molecule has 0 atom stereocenters. The summed E-state index contributed by atoms with van der Waals surface area (Å²) in [6.45, 7) is 0.00128. The molecule has 1 N–H and O–H groups in total. The van der Waals surface area contributed by atoms with Gasteiger partial charge < -0.3 is 14.8 Å². The van der Waals surface area contributed by atoms with Crippen LogP contribution in [0.1, 0.15) is 5.69 Å². The van der Waals surface area contributed by atoms with Crippen LogP contribution in [-0.4, -0.2) is 44.2 Å². The molecule has 102 valence electrons. The fourth-order valence-electron chi connectivity index (χ4n) is 1.09. The first-order valence-corrected chi connectivity index (χ1v) is 6.10. The molecule has 0 aliphatic heterocycles. The molecule has 0 aromatic carbocycles. The van der Waals surface area contributed by atoms with E-state index in [4.69, 9.17) is 4.74 Å². The van der Waals surface area contributed by atoms with Crippen molar-refractivity contribution in [1.29, 1.82) is 0 Å². The first-order valence-electron chi connectivity index (χ1n) is 5.22. The summed E-state index contributed by atoms with van der Waals surface area (Å²) in [6, 6.07) is 0. The summed E-state index contributed by atoms with van der Waals surface area (Å²) in [5.41, 5.74) is 0.614. The first kappa shape index (κ1) is 14.8. The van der Waals surface area contributed by atoms with E-state index in [0.29, 0.717) is 17.4 Å². The lowest BCUT2D eigenvalue weighted by Gasteiger charge is -2.03. The SMILES string of the molecule is COC(=O)Cc1csc(NCCOCC(F)F)n1. The van der Waals surface area contributed by atoms with Crippen LogP contribution < -0.4 is 5.32 Å². The predicted octanol–water partition coefficient (Wildman–Crippen LogP) is 1.55.